The van der Waals surface area contributed by atoms with Gasteiger partial charge in [-0.05, 0) is 30.4 Å². The molecule has 2 heterocycles. The smallest absolute Gasteiger partial charge is 0.272 e. The lowest BCUT2D eigenvalue weighted by Gasteiger charge is -2.37. The molecule has 1 aromatic rings. The Kier molecular flexibility index (Phi) is 3.05. The van der Waals surface area contributed by atoms with E-state index in [4.69, 9.17) is 5.73 Å². The number of nitrogen functional groups attached to an aromatic ring is 1. The van der Waals surface area contributed by atoms with Gasteiger partial charge in [0.25, 0.3) is 5.91 Å². The van der Waals surface area contributed by atoms with Crippen molar-refractivity contribution in [1.82, 2.24) is 9.88 Å². The predicted molar refractivity (Wildman–Crippen MR) is 67.6 cm³/mol. The highest BCUT2D eigenvalue weighted by atomic mass is 16.2. The summed E-state index contributed by atoms with van der Waals surface area (Å²) in [5.74, 6) is 0.0118. The fourth-order valence-electron chi connectivity index (χ4n) is 2.29. The standard InChI is InChI=1S/C13H19N3O/c1-13(2)6-3-7-16(9-13)12(17)11-5-4-10(14)8-15-11/h4-5,8H,3,6-7,9,14H2,1-2H3. The minimum Gasteiger partial charge on any atom is -0.397 e. The number of hydrogen-bond donors (Lipinski definition) is 1. The molecule has 1 saturated heterocycles. The van der Waals surface area contributed by atoms with Gasteiger partial charge in [-0.2, -0.15) is 0 Å². The summed E-state index contributed by atoms with van der Waals surface area (Å²) >= 11 is 0. The van der Waals surface area contributed by atoms with Crippen LogP contribution in [0.2, 0.25) is 0 Å². The second kappa shape index (κ2) is 4.35. The van der Waals surface area contributed by atoms with Crippen molar-refractivity contribution in [3.8, 4) is 0 Å². The van der Waals surface area contributed by atoms with Gasteiger partial charge in [0.1, 0.15) is 5.69 Å². The number of aromatic nitrogens is 1. The maximum atomic E-state index is 12.2. The Hall–Kier alpha value is -1.58. The number of pyridine rings is 1. The Morgan fingerprint density at radius 1 is 1.47 bits per heavy atom. The van der Waals surface area contributed by atoms with Crippen LogP contribution in [0.4, 0.5) is 5.69 Å². The zero-order valence-corrected chi connectivity index (χ0v) is 10.4. The summed E-state index contributed by atoms with van der Waals surface area (Å²) in [6.07, 6.45) is 3.77. The molecule has 1 aliphatic heterocycles. The van der Waals surface area contributed by atoms with E-state index >= 15 is 0 Å². The van der Waals surface area contributed by atoms with Crippen LogP contribution in [0.1, 0.15) is 37.2 Å². The topological polar surface area (TPSA) is 59.2 Å². The number of carbonyl (C=O) groups is 1. The predicted octanol–water partition coefficient (Wildman–Crippen LogP) is 1.93. The van der Waals surface area contributed by atoms with E-state index in [0.29, 0.717) is 11.4 Å². The van der Waals surface area contributed by atoms with Gasteiger partial charge < -0.3 is 10.6 Å². The van der Waals surface area contributed by atoms with Crippen molar-refractivity contribution in [1.29, 1.82) is 0 Å². The minimum absolute atomic E-state index is 0.0118. The summed E-state index contributed by atoms with van der Waals surface area (Å²) in [5, 5.41) is 0. The molecule has 4 nitrogen and oxygen atoms in total. The molecule has 2 N–H and O–H groups in total. The third kappa shape index (κ3) is 2.75. The second-order valence-electron chi connectivity index (χ2n) is 5.47. The van der Waals surface area contributed by atoms with E-state index in [2.05, 4.69) is 18.8 Å². The minimum atomic E-state index is 0.0118. The van der Waals surface area contributed by atoms with Crippen molar-refractivity contribution < 1.29 is 4.79 Å². The molecule has 1 amide bonds. The Labute approximate surface area is 102 Å². The van der Waals surface area contributed by atoms with Crippen molar-refractivity contribution >= 4 is 11.6 Å². The van der Waals surface area contributed by atoms with Crippen LogP contribution in [-0.4, -0.2) is 28.9 Å². The van der Waals surface area contributed by atoms with Crippen molar-refractivity contribution in [3.63, 3.8) is 0 Å². The molecule has 0 saturated carbocycles. The molecule has 0 bridgehead atoms. The average molecular weight is 233 g/mol. The summed E-state index contributed by atoms with van der Waals surface area (Å²) in [4.78, 5) is 18.2. The van der Waals surface area contributed by atoms with E-state index in [1.54, 1.807) is 12.1 Å². The Balaban J connectivity index is 2.12. The normalized spacial score (nSPS) is 19.1. The summed E-state index contributed by atoms with van der Waals surface area (Å²) in [6, 6.07) is 3.41. The molecule has 0 atom stereocenters. The number of nitrogens with zero attached hydrogens (tertiary/aromatic N) is 2. The number of carbonyl (C=O) groups excluding carboxylic acids is 1. The van der Waals surface area contributed by atoms with Crippen molar-refractivity contribution in [2.45, 2.75) is 26.7 Å². The van der Waals surface area contributed by atoms with E-state index in [1.807, 2.05) is 4.90 Å². The lowest BCUT2D eigenvalue weighted by Crippen LogP contribution is -2.43. The van der Waals surface area contributed by atoms with E-state index < -0.39 is 0 Å². The molecule has 0 radical (unpaired) electrons. The van der Waals surface area contributed by atoms with Crippen molar-refractivity contribution in [2.24, 2.45) is 5.41 Å². The van der Waals surface area contributed by atoms with Gasteiger partial charge in [0.15, 0.2) is 0 Å². The molecule has 0 spiro atoms. The number of anilines is 1. The summed E-state index contributed by atoms with van der Waals surface area (Å²) < 4.78 is 0. The van der Waals surface area contributed by atoms with Gasteiger partial charge in [-0.1, -0.05) is 13.8 Å². The number of hydrogen-bond acceptors (Lipinski definition) is 3. The largest absolute Gasteiger partial charge is 0.397 e. The van der Waals surface area contributed by atoms with Crippen LogP contribution >= 0.6 is 0 Å². The molecule has 0 aliphatic carbocycles. The third-order valence-corrected chi connectivity index (χ3v) is 3.19. The molecule has 2 rings (SSSR count). The van der Waals surface area contributed by atoms with Crippen LogP contribution in [0, 0.1) is 5.41 Å². The summed E-state index contributed by atoms with van der Waals surface area (Å²) in [6.45, 7) is 6.03. The number of piperidine rings is 1. The Bertz CT molecular complexity index is 411. The first-order chi connectivity index (χ1) is 7.98. The van der Waals surface area contributed by atoms with Crippen LogP contribution < -0.4 is 5.73 Å². The van der Waals surface area contributed by atoms with Gasteiger partial charge in [-0.15, -0.1) is 0 Å². The number of nitrogens with two attached hydrogens (primary N) is 1. The lowest BCUT2D eigenvalue weighted by molar-refractivity contribution is 0.0577. The molecule has 92 valence electrons. The van der Waals surface area contributed by atoms with Gasteiger partial charge in [-0.3, -0.25) is 4.79 Å². The van der Waals surface area contributed by atoms with Crippen molar-refractivity contribution in [2.75, 3.05) is 18.8 Å². The van der Waals surface area contributed by atoms with Gasteiger partial charge >= 0.3 is 0 Å². The average Bonchev–Trinajstić information content (AvgIpc) is 2.28. The maximum absolute atomic E-state index is 12.2. The highest BCUT2D eigenvalue weighted by molar-refractivity contribution is 5.92. The molecule has 0 aromatic carbocycles. The quantitative estimate of drug-likeness (QED) is 0.806. The second-order valence-corrected chi connectivity index (χ2v) is 5.47. The first-order valence-corrected chi connectivity index (χ1v) is 5.99. The molecular formula is C13H19N3O. The molecule has 1 aromatic heterocycles. The van der Waals surface area contributed by atoms with E-state index in [0.717, 1.165) is 19.5 Å². The first-order valence-electron chi connectivity index (χ1n) is 5.99. The van der Waals surface area contributed by atoms with Gasteiger partial charge in [0.05, 0.1) is 11.9 Å². The van der Waals surface area contributed by atoms with E-state index in [-0.39, 0.29) is 11.3 Å². The third-order valence-electron chi connectivity index (χ3n) is 3.19. The first kappa shape index (κ1) is 11.9. The maximum Gasteiger partial charge on any atom is 0.272 e. The Morgan fingerprint density at radius 2 is 2.24 bits per heavy atom. The van der Waals surface area contributed by atoms with Crippen LogP contribution in [0.25, 0.3) is 0 Å². The summed E-state index contributed by atoms with van der Waals surface area (Å²) in [5.41, 5.74) is 6.84. The molecule has 1 aliphatic rings. The summed E-state index contributed by atoms with van der Waals surface area (Å²) in [7, 11) is 0. The number of likely N-dealkylation sites (tertiary alicyclic amines) is 1. The molecule has 0 unspecified atom stereocenters. The molecule has 1 fully saturated rings. The lowest BCUT2D eigenvalue weighted by atomic mass is 9.84. The molecule has 17 heavy (non-hydrogen) atoms. The number of rotatable bonds is 1. The zero-order valence-electron chi connectivity index (χ0n) is 10.4. The number of amides is 1. The highest BCUT2D eigenvalue weighted by Gasteiger charge is 2.29. The van der Waals surface area contributed by atoms with Crippen LogP contribution in [0.3, 0.4) is 0 Å². The highest BCUT2D eigenvalue weighted by Crippen LogP contribution is 2.28. The van der Waals surface area contributed by atoms with Gasteiger partial charge in [-0.25, -0.2) is 4.98 Å². The van der Waals surface area contributed by atoms with Crippen LogP contribution in [-0.2, 0) is 0 Å². The monoisotopic (exact) mass is 233 g/mol. The zero-order chi connectivity index (χ0) is 12.5. The van der Waals surface area contributed by atoms with E-state index in [9.17, 15) is 4.79 Å². The molecular weight excluding hydrogens is 214 g/mol. The van der Waals surface area contributed by atoms with E-state index in [1.165, 1.54) is 12.6 Å². The van der Waals surface area contributed by atoms with Crippen molar-refractivity contribution in [3.05, 3.63) is 24.0 Å². The van der Waals surface area contributed by atoms with Crippen LogP contribution in [0.5, 0.6) is 0 Å². The molecule has 4 heteroatoms. The SMILES string of the molecule is CC1(C)CCCN(C(=O)c2ccc(N)cn2)C1. The van der Waals surface area contributed by atoms with Gasteiger partial charge in [0, 0.05) is 13.1 Å². The van der Waals surface area contributed by atoms with Gasteiger partial charge in [0.2, 0.25) is 0 Å². The fourth-order valence-corrected chi connectivity index (χ4v) is 2.29. The van der Waals surface area contributed by atoms with Crippen LogP contribution in [0.15, 0.2) is 18.3 Å². The Morgan fingerprint density at radius 3 is 2.82 bits per heavy atom. The fraction of sp³-hybridized carbons (Fsp3) is 0.538.